The fourth-order valence-electron chi connectivity index (χ4n) is 9.47. The van der Waals surface area contributed by atoms with Crippen molar-refractivity contribution in [2.24, 2.45) is 28.6 Å². The van der Waals surface area contributed by atoms with E-state index in [0.29, 0.717) is 24.3 Å². The topological polar surface area (TPSA) is 28.4 Å². The Bertz CT molecular complexity index is 1800. The van der Waals surface area contributed by atoms with E-state index in [1.807, 2.05) is 18.4 Å². The van der Waals surface area contributed by atoms with E-state index < -0.39 is 0 Å². The molecule has 5 aliphatic carbocycles. The van der Waals surface area contributed by atoms with E-state index in [-0.39, 0.29) is 21.7 Å². The Morgan fingerprint density at radius 3 is 2.25 bits per heavy atom. The van der Waals surface area contributed by atoms with Crippen molar-refractivity contribution in [2.45, 2.75) is 111 Å². The van der Waals surface area contributed by atoms with Crippen LogP contribution in [-0.4, -0.2) is 13.8 Å². The molecular weight excluding hydrogens is 619 g/mol. The second-order valence-electron chi connectivity index (χ2n) is 17.7. The number of furan rings is 1. The number of fused-ring (bicyclic) bond motifs is 4. The van der Waals surface area contributed by atoms with E-state index in [9.17, 15) is 0 Å². The summed E-state index contributed by atoms with van der Waals surface area (Å²) in [7, 11) is 2.29. The van der Waals surface area contributed by atoms with Crippen LogP contribution in [0.25, 0.3) is 11.0 Å². The molecule has 1 aromatic carbocycles. The summed E-state index contributed by atoms with van der Waals surface area (Å²) in [4.78, 5) is 2.34. The van der Waals surface area contributed by atoms with Gasteiger partial charge in [-0.25, -0.2) is 0 Å². The minimum absolute atomic E-state index is 0.182. The molecule has 269 valence electrons. The maximum absolute atomic E-state index is 7.19. The SMILES string of the molecule is C=C/C=C(\C=C\NCC=C)N(C1=CC2C(C=C1)C(C)(C)CCC2(C)C)c1oc2cc3c(cc2c1[B]/C=C/CC(C=C)CC)C1(C)CCC3(C)CC1. The van der Waals surface area contributed by atoms with Gasteiger partial charge in [0.2, 0.25) is 0 Å². The molecule has 0 saturated heterocycles. The van der Waals surface area contributed by atoms with Crippen molar-refractivity contribution in [1.29, 1.82) is 0 Å². The zero-order valence-corrected chi connectivity index (χ0v) is 32.7. The van der Waals surface area contributed by atoms with Gasteiger partial charge in [0.25, 0.3) is 0 Å². The average molecular weight is 682 g/mol. The van der Waals surface area contributed by atoms with Crippen molar-refractivity contribution < 1.29 is 4.42 Å². The van der Waals surface area contributed by atoms with E-state index in [4.69, 9.17) is 4.42 Å². The second-order valence-corrected chi connectivity index (χ2v) is 17.7. The molecule has 1 N–H and O–H groups in total. The Kier molecular flexibility index (Phi) is 10.5. The Morgan fingerprint density at radius 2 is 1.63 bits per heavy atom. The molecule has 3 atom stereocenters. The molecule has 2 fully saturated rings. The third-order valence-corrected chi connectivity index (χ3v) is 13.4. The van der Waals surface area contributed by atoms with Crippen LogP contribution in [0.4, 0.5) is 5.88 Å². The maximum atomic E-state index is 7.19. The van der Waals surface area contributed by atoms with Gasteiger partial charge in [-0.1, -0.05) is 91.5 Å². The molecule has 1 aromatic heterocycles. The van der Waals surface area contributed by atoms with Gasteiger partial charge < -0.3 is 9.73 Å². The number of rotatable bonds is 14. The van der Waals surface area contributed by atoms with Gasteiger partial charge in [0.15, 0.2) is 13.2 Å². The largest absolute Gasteiger partial charge is 0.440 e. The molecule has 3 unspecified atom stereocenters. The molecule has 2 bridgehead atoms. The lowest BCUT2D eigenvalue weighted by atomic mass is 9.52. The van der Waals surface area contributed by atoms with E-state index >= 15 is 0 Å². The minimum Gasteiger partial charge on any atom is -0.440 e. The first kappa shape index (κ1) is 37.1. The predicted molar refractivity (Wildman–Crippen MR) is 222 cm³/mol. The van der Waals surface area contributed by atoms with Crippen molar-refractivity contribution in [3.63, 3.8) is 0 Å². The van der Waals surface area contributed by atoms with E-state index in [0.717, 1.165) is 41.2 Å². The molecule has 0 aliphatic heterocycles. The highest BCUT2D eigenvalue weighted by atomic mass is 16.4. The fraction of sp³-hybridized carbons (Fsp3) is 0.489. The van der Waals surface area contributed by atoms with Crippen LogP contribution < -0.4 is 15.7 Å². The molecule has 7 rings (SSSR count). The molecule has 51 heavy (non-hydrogen) atoms. The molecule has 1 heterocycles. The minimum atomic E-state index is 0.182. The third kappa shape index (κ3) is 6.97. The number of benzene rings is 1. The molecule has 2 aromatic rings. The smallest absolute Gasteiger partial charge is 0.199 e. The lowest BCUT2D eigenvalue weighted by Gasteiger charge is -2.52. The summed E-state index contributed by atoms with van der Waals surface area (Å²) in [5, 5.41) is 4.56. The summed E-state index contributed by atoms with van der Waals surface area (Å²) >= 11 is 0. The fourth-order valence-corrected chi connectivity index (χ4v) is 9.47. The molecule has 0 amide bonds. The van der Waals surface area contributed by atoms with Gasteiger partial charge in [-0.3, -0.25) is 4.90 Å². The van der Waals surface area contributed by atoms with E-state index in [1.165, 1.54) is 55.0 Å². The molecule has 5 aliphatic rings. The lowest BCUT2D eigenvalue weighted by molar-refractivity contribution is 0.0326. The first-order chi connectivity index (χ1) is 24.3. The standard InChI is InChI=1S/C47H62BN2O/c1-11-16-34(20-29-49-28-12-2)50(35-18-19-37-38(30-35)45(7,8)22-21-44(37,5)6)43-42(48-27-15-17-33(13-3)14-4)36-31-39-40(32-41(36)51-43)47(10)25-23-46(39,9)24-26-47/h11-13,15-16,18-20,27,29-33,37-38,49H,1-3,14,17,21-26,28H2,4-10H3/b27-15+,29-20+,34-16+. The van der Waals surface area contributed by atoms with Gasteiger partial charge in [0, 0.05) is 17.6 Å². The highest BCUT2D eigenvalue weighted by molar-refractivity contribution is 6.63. The normalized spacial score (nSPS) is 28.3. The summed E-state index contributed by atoms with van der Waals surface area (Å²) in [6.07, 6.45) is 31.2. The quantitative estimate of drug-likeness (QED) is 0.0931. The number of hydrogen-bond donors (Lipinski definition) is 1. The van der Waals surface area contributed by atoms with Crippen molar-refractivity contribution in [3.8, 4) is 0 Å². The summed E-state index contributed by atoms with van der Waals surface area (Å²) in [5.41, 5.74) is 8.06. The number of allylic oxidation sites excluding steroid dienone is 8. The first-order valence-corrected chi connectivity index (χ1v) is 19.6. The van der Waals surface area contributed by atoms with Crippen LogP contribution in [0.3, 0.4) is 0 Å². The van der Waals surface area contributed by atoms with Crippen molar-refractivity contribution >= 4 is 29.6 Å². The molecule has 2 saturated carbocycles. The Labute approximate surface area is 310 Å². The zero-order valence-electron chi connectivity index (χ0n) is 32.7. The molecule has 4 heteroatoms. The van der Waals surface area contributed by atoms with E-state index in [1.54, 1.807) is 0 Å². The maximum Gasteiger partial charge on any atom is 0.199 e. The predicted octanol–water partition coefficient (Wildman–Crippen LogP) is 11.7. The van der Waals surface area contributed by atoms with Gasteiger partial charge in [-0.05, 0) is 144 Å². The zero-order chi connectivity index (χ0) is 36.6. The summed E-state index contributed by atoms with van der Waals surface area (Å²) < 4.78 is 7.19. The number of anilines is 1. The molecular formula is C47H62BN2O. The highest BCUT2D eigenvalue weighted by Crippen LogP contribution is 2.58. The van der Waals surface area contributed by atoms with Crippen molar-refractivity contribution in [2.75, 3.05) is 11.4 Å². The van der Waals surface area contributed by atoms with Crippen LogP contribution >= 0.6 is 0 Å². The monoisotopic (exact) mass is 681 g/mol. The number of hydrogen-bond acceptors (Lipinski definition) is 3. The van der Waals surface area contributed by atoms with Crippen LogP contribution in [0.1, 0.15) is 111 Å². The van der Waals surface area contributed by atoms with E-state index in [2.05, 4.69) is 146 Å². The lowest BCUT2D eigenvalue weighted by Crippen LogP contribution is -2.44. The van der Waals surface area contributed by atoms with Crippen LogP contribution in [0.5, 0.6) is 0 Å². The van der Waals surface area contributed by atoms with Crippen LogP contribution in [-0.2, 0) is 10.8 Å². The summed E-state index contributed by atoms with van der Waals surface area (Å²) in [5.74, 6) is 4.44. The van der Waals surface area contributed by atoms with Gasteiger partial charge in [-0.2, -0.15) is 0 Å². The Balaban J connectivity index is 1.57. The number of nitrogens with zero attached hydrogens (tertiary/aromatic N) is 1. The Morgan fingerprint density at radius 1 is 0.961 bits per heavy atom. The van der Waals surface area contributed by atoms with Gasteiger partial charge in [0.05, 0.1) is 5.70 Å². The molecule has 1 radical (unpaired) electrons. The summed E-state index contributed by atoms with van der Waals surface area (Å²) in [6, 6.07) is 4.90. The average Bonchev–Trinajstić information content (AvgIpc) is 3.46. The van der Waals surface area contributed by atoms with Crippen LogP contribution in [0.2, 0.25) is 0 Å². The van der Waals surface area contributed by atoms with Crippen molar-refractivity contribution in [3.05, 3.63) is 121 Å². The molecule has 3 nitrogen and oxygen atoms in total. The molecule has 0 spiro atoms. The highest BCUT2D eigenvalue weighted by Gasteiger charge is 2.49. The Hall–Kier alpha value is -3.66. The van der Waals surface area contributed by atoms with Gasteiger partial charge >= 0.3 is 0 Å². The third-order valence-electron chi connectivity index (χ3n) is 13.4. The van der Waals surface area contributed by atoms with Gasteiger partial charge in [0.1, 0.15) is 5.58 Å². The van der Waals surface area contributed by atoms with Gasteiger partial charge in [-0.15, -0.1) is 19.1 Å². The first-order valence-electron chi connectivity index (χ1n) is 19.6. The van der Waals surface area contributed by atoms with Crippen LogP contribution in [0.15, 0.2) is 115 Å². The van der Waals surface area contributed by atoms with Crippen LogP contribution in [0, 0.1) is 28.6 Å². The summed E-state index contributed by atoms with van der Waals surface area (Å²) in [6.45, 7) is 29.8. The number of nitrogens with one attached hydrogen (secondary N) is 1. The van der Waals surface area contributed by atoms with Crippen molar-refractivity contribution in [1.82, 2.24) is 5.32 Å². The second kappa shape index (κ2) is 14.4.